The van der Waals surface area contributed by atoms with Crippen molar-refractivity contribution in [1.82, 2.24) is 0 Å². The van der Waals surface area contributed by atoms with E-state index in [9.17, 15) is 14.4 Å². The molecule has 26 heavy (non-hydrogen) atoms. The van der Waals surface area contributed by atoms with Gasteiger partial charge < -0.3 is 14.2 Å². The number of ketones is 1. The molecular formula is C20H26O6. The quantitative estimate of drug-likeness (QED) is 0.485. The highest BCUT2D eigenvalue weighted by Crippen LogP contribution is 2.69. The van der Waals surface area contributed by atoms with Crippen LogP contribution in [0.4, 0.5) is 0 Å². The second kappa shape index (κ2) is 4.70. The van der Waals surface area contributed by atoms with Crippen molar-refractivity contribution in [2.75, 3.05) is 6.61 Å². The van der Waals surface area contributed by atoms with E-state index >= 15 is 0 Å². The zero-order valence-corrected chi connectivity index (χ0v) is 15.6. The van der Waals surface area contributed by atoms with Crippen LogP contribution in [0.25, 0.3) is 0 Å². The lowest BCUT2D eigenvalue weighted by atomic mass is 9.44. The Labute approximate surface area is 152 Å². The number of hydrogen-bond acceptors (Lipinski definition) is 6. The summed E-state index contributed by atoms with van der Waals surface area (Å²) in [6.45, 7) is 6.44. The molecule has 2 spiro atoms. The molecule has 0 unspecified atom stereocenters. The van der Waals surface area contributed by atoms with Gasteiger partial charge in [0, 0.05) is 17.8 Å². The maximum absolute atomic E-state index is 12.8. The molecule has 3 aliphatic heterocycles. The van der Waals surface area contributed by atoms with Gasteiger partial charge in [-0.3, -0.25) is 14.4 Å². The van der Waals surface area contributed by atoms with E-state index in [1.807, 2.05) is 0 Å². The van der Waals surface area contributed by atoms with Crippen LogP contribution in [0.3, 0.4) is 0 Å². The second-order valence-electron chi connectivity index (χ2n) is 9.61. The molecule has 3 heterocycles. The Morgan fingerprint density at radius 2 is 1.85 bits per heavy atom. The van der Waals surface area contributed by atoms with E-state index < -0.39 is 16.6 Å². The first-order valence-electron chi connectivity index (χ1n) is 9.77. The molecule has 6 nitrogen and oxygen atoms in total. The summed E-state index contributed by atoms with van der Waals surface area (Å²) in [4.78, 5) is 37.2. The first kappa shape index (κ1) is 16.7. The summed E-state index contributed by atoms with van der Waals surface area (Å²) in [6.07, 6.45) is 3.50. The molecule has 3 saturated heterocycles. The van der Waals surface area contributed by atoms with Crippen LogP contribution in [-0.2, 0) is 28.6 Å². The van der Waals surface area contributed by atoms with Gasteiger partial charge >= 0.3 is 11.9 Å². The highest BCUT2D eigenvalue weighted by molar-refractivity contribution is 6.06. The van der Waals surface area contributed by atoms with Crippen LogP contribution in [0.5, 0.6) is 0 Å². The third-order valence-electron chi connectivity index (χ3n) is 8.48. The van der Waals surface area contributed by atoms with E-state index in [1.54, 1.807) is 6.92 Å². The Kier molecular flexibility index (Phi) is 3.02. The number of fused-ring (bicyclic) bond motifs is 1. The maximum Gasteiger partial charge on any atom is 0.320 e. The Hall–Kier alpha value is -1.43. The summed E-state index contributed by atoms with van der Waals surface area (Å²) in [7, 11) is 0. The van der Waals surface area contributed by atoms with E-state index in [0.29, 0.717) is 32.3 Å². The number of esters is 2. The van der Waals surface area contributed by atoms with Crippen molar-refractivity contribution in [3.05, 3.63) is 0 Å². The molecule has 2 saturated carbocycles. The SMILES string of the molecule is C[C@@H]1C[C@H]2OC(=O)[C@@]3(C)C(=O)CC[C@](C)([C@@H]23)[C@@]12CC[C@]1(COC(=O)C1)O2. The Morgan fingerprint density at radius 3 is 2.54 bits per heavy atom. The average molecular weight is 362 g/mol. The van der Waals surface area contributed by atoms with Gasteiger partial charge in [0.05, 0.1) is 12.0 Å². The molecular weight excluding hydrogens is 336 g/mol. The molecule has 0 N–H and O–H groups in total. The van der Waals surface area contributed by atoms with Crippen molar-refractivity contribution in [1.29, 1.82) is 0 Å². The Morgan fingerprint density at radius 1 is 1.08 bits per heavy atom. The summed E-state index contributed by atoms with van der Waals surface area (Å²) in [5.41, 5.74) is -2.38. The van der Waals surface area contributed by atoms with E-state index in [2.05, 4.69) is 13.8 Å². The molecule has 0 aromatic heterocycles. The smallest absolute Gasteiger partial charge is 0.320 e. The number of cyclic esters (lactones) is 1. The van der Waals surface area contributed by atoms with Gasteiger partial charge in [-0.2, -0.15) is 0 Å². The maximum atomic E-state index is 12.8. The average Bonchev–Trinajstić information content (AvgIpc) is 3.21. The number of Topliss-reactive ketones (excluding diaryl/α,β-unsaturated/α-hetero) is 1. The molecule has 142 valence electrons. The third-order valence-corrected chi connectivity index (χ3v) is 8.48. The number of rotatable bonds is 0. The van der Waals surface area contributed by atoms with Crippen LogP contribution in [0.15, 0.2) is 0 Å². The first-order valence-corrected chi connectivity index (χ1v) is 9.77. The van der Waals surface area contributed by atoms with E-state index in [1.165, 1.54) is 0 Å². The van der Waals surface area contributed by atoms with Gasteiger partial charge in [0.1, 0.15) is 29.5 Å². The van der Waals surface area contributed by atoms with Crippen molar-refractivity contribution in [3.63, 3.8) is 0 Å². The summed E-state index contributed by atoms with van der Waals surface area (Å²) in [5.74, 6) is -0.527. The summed E-state index contributed by atoms with van der Waals surface area (Å²) < 4.78 is 17.8. The minimum atomic E-state index is -1.06. The highest BCUT2D eigenvalue weighted by atomic mass is 16.6. The molecule has 0 bridgehead atoms. The fourth-order valence-electron chi connectivity index (χ4n) is 7.16. The van der Waals surface area contributed by atoms with Gasteiger partial charge in [0.25, 0.3) is 0 Å². The number of carbonyl (C=O) groups is 3. The molecule has 2 aliphatic carbocycles. The predicted molar refractivity (Wildman–Crippen MR) is 89.0 cm³/mol. The summed E-state index contributed by atoms with van der Waals surface area (Å²) >= 11 is 0. The normalized spacial score (nSPS) is 55.3. The molecule has 6 heteroatoms. The lowest BCUT2D eigenvalue weighted by molar-refractivity contribution is -0.247. The third kappa shape index (κ3) is 1.66. The van der Waals surface area contributed by atoms with Gasteiger partial charge in [-0.1, -0.05) is 13.8 Å². The van der Waals surface area contributed by atoms with E-state index in [-0.39, 0.29) is 41.1 Å². The van der Waals surface area contributed by atoms with Crippen LogP contribution < -0.4 is 0 Å². The van der Waals surface area contributed by atoms with Crippen molar-refractivity contribution in [3.8, 4) is 0 Å². The zero-order chi connectivity index (χ0) is 18.5. The molecule has 0 aromatic rings. The van der Waals surface area contributed by atoms with Crippen molar-refractivity contribution >= 4 is 17.7 Å². The second-order valence-corrected chi connectivity index (χ2v) is 9.61. The monoisotopic (exact) mass is 362 g/mol. The number of carbonyl (C=O) groups excluding carboxylic acids is 3. The van der Waals surface area contributed by atoms with Gasteiger partial charge in [-0.05, 0) is 38.5 Å². The van der Waals surface area contributed by atoms with Crippen molar-refractivity contribution < 1.29 is 28.6 Å². The van der Waals surface area contributed by atoms with Gasteiger partial charge in [-0.25, -0.2) is 0 Å². The summed E-state index contributed by atoms with van der Waals surface area (Å²) in [5, 5.41) is 0. The topological polar surface area (TPSA) is 78.9 Å². The fraction of sp³-hybridized carbons (Fsp3) is 0.850. The molecule has 0 amide bonds. The first-order chi connectivity index (χ1) is 12.2. The fourth-order valence-corrected chi connectivity index (χ4v) is 7.16. The van der Waals surface area contributed by atoms with E-state index in [0.717, 1.165) is 12.8 Å². The Bertz CT molecular complexity index is 732. The van der Waals surface area contributed by atoms with Crippen LogP contribution in [0.2, 0.25) is 0 Å². The highest BCUT2D eigenvalue weighted by Gasteiger charge is 2.76. The zero-order valence-electron chi connectivity index (χ0n) is 15.6. The lowest BCUT2D eigenvalue weighted by Gasteiger charge is -2.61. The van der Waals surface area contributed by atoms with Crippen LogP contribution >= 0.6 is 0 Å². The molecule has 5 fully saturated rings. The van der Waals surface area contributed by atoms with Crippen molar-refractivity contribution in [2.45, 2.75) is 76.6 Å². The van der Waals surface area contributed by atoms with Crippen molar-refractivity contribution in [2.24, 2.45) is 22.7 Å². The summed E-state index contributed by atoms with van der Waals surface area (Å²) in [6, 6.07) is 0. The van der Waals surface area contributed by atoms with E-state index in [4.69, 9.17) is 14.2 Å². The predicted octanol–water partition coefficient (Wildman–Crippen LogP) is 2.18. The van der Waals surface area contributed by atoms with Gasteiger partial charge in [-0.15, -0.1) is 0 Å². The Balaban J connectivity index is 1.61. The number of hydrogen-bond donors (Lipinski definition) is 0. The molecule has 5 rings (SSSR count). The lowest BCUT2D eigenvalue weighted by Crippen LogP contribution is -2.67. The number of ether oxygens (including phenoxy) is 3. The standard InChI is InChI=1S/C20H26O6/c1-11-8-12-15-17(2,5-4-13(21)18(15,3)16(23)25-12)20(11)7-6-19(26-20)9-14(22)24-10-19/h11-12,15H,4-10H2,1-3H3/t11-,12-,15-,17-,18+,19+,20-/m1/s1. The van der Waals surface area contributed by atoms with Crippen LogP contribution in [0.1, 0.15) is 59.3 Å². The molecule has 5 aliphatic rings. The largest absolute Gasteiger partial charge is 0.463 e. The molecule has 0 radical (unpaired) electrons. The van der Waals surface area contributed by atoms with Crippen LogP contribution in [-0.4, -0.2) is 41.6 Å². The van der Waals surface area contributed by atoms with Crippen LogP contribution in [0, 0.1) is 22.7 Å². The molecule has 0 aromatic carbocycles. The molecule has 7 atom stereocenters. The minimum absolute atomic E-state index is 0.00395. The van der Waals surface area contributed by atoms with Gasteiger partial charge in [0.2, 0.25) is 0 Å². The van der Waals surface area contributed by atoms with Gasteiger partial charge in [0.15, 0.2) is 0 Å². The minimum Gasteiger partial charge on any atom is -0.463 e.